The summed E-state index contributed by atoms with van der Waals surface area (Å²) < 4.78 is 29.9. The van der Waals surface area contributed by atoms with Gasteiger partial charge in [0.2, 0.25) is 0 Å². The van der Waals surface area contributed by atoms with Crippen LogP contribution in [0.2, 0.25) is 0 Å². The third kappa shape index (κ3) is 7.43. The minimum absolute atomic E-state index is 0.128. The minimum atomic E-state index is -1.01. The summed E-state index contributed by atoms with van der Waals surface area (Å²) >= 11 is 0. The van der Waals surface area contributed by atoms with Crippen molar-refractivity contribution in [2.24, 2.45) is 5.92 Å². The molecule has 1 atom stereocenters. The van der Waals surface area contributed by atoms with Gasteiger partial charge in [0.15, 0.2) is 0 Å². The fourth-order valence-corrected chi connectivity index (χ4v) is 3.41. The van der Waals surface area contributed by atoms with E-state index in [1.54, 1.807) is 21.3 Å². The molecule has 0 aliphatic rings. The van der Waals surface area contributed by atoms with Crippen molar-refractivity contribution in [3.63, 3.8) is 0 Å². The van der Waals surface area contributed by atoms with Crippen LogP contribution in [-0.2, 0) is 20.6 Å². The molecule has 0 aliphatic carbocycles. The number of aryl methyl sites for hydroxylation is 1. The number of rotatable bonds is 14. The lowest BCUT2D eigenvalue weighted by Gasteiger charge is -2.36. The van der Waals surface area contributed by atoms with Crippen LogP contribution in [0, 0.1) is 11.7 Å². The molecule has 0 fully saturated rings. The van der Waals surface area contributed by atoms with E-state index in [0.717, 1.165) is 31.2 Å². The highest BCUT2D eigenvalue weighted by Crippen LogP contribution is 2.32. The van der Waals surface area contributed by atoms with Gasteiger partial charge >= 0.3 is 0 Å². The van der Waals surface area contributed by atoms with Crippen LogP contribution < -0.4 is 0 Å². The largest absolute Gasteiger partial charge is 0.331 e. The molecule has 0 saturated carbocycles. The van der Waals surface area contributed by atoms with Gasteiger partial charge < -0.3 is 14.2 Å². The normalized spacial score (nSPS) is 13.2. The number of ether oxygens (including phenoxy) is 3. The van der Waals surface area contributed by atoms with E-state index in [1.165, 1.54) is 44.2 Å². The molecule has 1 aromatic carbocycles. The zero-order valence-corrected chi connectivity index (χ0v) is 16.4. The van der Waals surface area contributed by atoms with Gasteiger partial charge in [0.1, 0.15) is 5.82 Å². The van der Waals surface area contributed by atoms with E-state index in [4.69, 9.17) is 14.2 Å². The molecular formula is C21H35FO3. The first-order valence-corrected chi connectivity index (χ1v) is 9.51. The second kappa shape index (κ2) is 12.4. The predicted octanol–water partition coefficient (Wildman–Crippen LogP) is 5.72. The van der Waals surface area contributed by atoms with Crippen LogP contribution in [0.1, 0.15) is 63.9 Å². The summed E-state index contributed by atoms with van der Waals surface area (Å²) in [6, 6.07) is 6.69. The van der Waals surface area contributed by atoms with Gasteiger partial charge in [-0.25, -0.2) is 4.39 Å². The standard InChI is InChI=1S/C21H35FO3/c1-5-6-7-8-9-10-11-19(21(23-2,24-3)25-4)15-12-18-13-16-20(22)17-14-18/h13-14,16-17,19H,5-12,15H2,1-4H3. The summed E-state index contributed by atoms with van der Waals surface area (Å²) in [5.41, 5.74) is 1.12. The molecule has 3 nitrogen and oxygen atoms in total. The van der Waals surface area contributed by atoms with Crippen molar-refractivity contribution in [2.45, 2.75) is 70.7 Å². The van der Waals surface area contributed by atoms with E-state index in [-0.39, 0.29) is 11.7 Å². The van der Waals surface area contributed by atoms with Crippen LogP contribution in [0.15, 0.2) is 24.3 Å². The SMILES string of the molecule is CCCCCCCCC(CCc1ccc(F)cc1)C(OC)(OC)OC. The fraction of sp³-hybridized carbons (Fsp3) is 0.714. The van der Waals surface area contributed by atoms with E-state index in [0.29, 0.717) is 0 Å². The van der Waals surface area contributed by atoms with Gasteiger partial charge in [-0.15, -0.1) is 0 Å². The summed E-state index contributed by atoms with van der Waals surface area (Å²) in [5, 5.41) is 0. The van der Waals surface area contributed by atoms with Gasteiger partial charge in [-0.05, 0) is 37.0 Å². The molecule has 0 saturated heterocycles. The Kier molecular flexibility index (Phi) is 10.9. The molecule has 0 bridgehead atoms. The summed E-state index contributed by atoms with van der Waals surface area (Å²) in [4.78, 5) is 0. The molecular weight excluding hydrogens is 319 g/mol. The highest BCUT2D eigenvalue weighted by atomic mass is 19.1. The molecule has 1 unspecified atom stereocenters. The molecule has 0 aliphatic heterocycles. The van der Waals surface area contributed by atoms with Gasteiger partial charge in [0, 0.05) is 27.2 Å². The Balaban J connectivity index is 2.61. The molecule has 25 heavy (non-hydrogen) atoms. The number of unbranched alkanes of at least 4 members (excludes halogenated alkanes) is 5. The summed E-state index contributed by atoms with van der Waals surface area (Å²) in [5.74, 6) is -1.08. The van der Waals surface area contributed by atoms with E-state index in [9.17, 15) is 4.39 Å². The average molecular weight is 355 g/mol. The van der Waals surface area contributed by atoms with Crippen LogP contribution in [-0.4, -0.2) is 27.3 Å². The number of hydrogen-bond acceptors (Lipinski definition) is 3. The summed E-state index contributed by atoms with van der Waals surface area (Å²) in [6.07, 6.45) is 10.2. The zero-order chi connectivity index (χ0) is 18.5. The van der Waals surface area contributed by atoms with Crippen molar-refractivity contribution in [2.75, 3.05) is 21.3 Å². The predicted molar refractivity (Wildman–Crippen MR) is 100.0 cm³/mol. The van der Waals surface area contributed by atoms with Crippen LogP contribution >= 0.6 is 0 Å². The molecule has 0 radical (unpaired) electrons. The first-order valence-electron chi connectivity index (χ1n) is 9.51. The molecule has 1 rings (SSSR count). The maximum absolute atomic E-state index is 13.1. The monoisotopic (exact) mass is 354 g/mol. The highest BCUT2D eigenvalue weighted by Gasteiger charge is 2.39. The van der Waals surface area contributed by atoms with Crippen molar-refractivity contribution >= 4 is 0 Å². The molecule has 0 N–H and O–H groups in total. The number of hydrogen-bond donors (Lipinski definition) is 0. The van der Waals surface area contributed by atoms with Crippen LogP contribution in [0.5, 0.6) is 0 Å². The van der Waals surface area contributed by atoms with Crippen molar-refractivity contribution in [3.05, 3.63) is 35.6 Å². The van der Waals surface area contributed by atoms with Crippen molar-refractivity contribution in [1.29, 1.82) is 0 Å². The minimum Gasteiger partial charge on any atom is -0.331 e. The number of methoxy groups -OCH3 is 3. The fourth-order valence-electron chi connectivity index (χ4n) is 3.41. The number of benzene rings is 1. The van der Waals surface area contributed by atoms with E-state index >= 15 is 0 Å². The van der Waals surface area contributed by atoms with Crippen molar-refractivity contribution < 1.29 is 18.6 Å². The zero-order valence-electron chi connectivity index (χ0n) is 16.4. The Morgan fingerprint density at radius 3 is 1.96 bits per heavy atom. The molecule has 4 heteroatoms. The second-order valence-electron chi connectivity index (χ2n) is 6.63. The number of halogens is 1. The quantitative estimate of drug-likeness (QED) is 0.316. The van der Waals surface area contributed by atoms with E-state index < -0.39 is 5.97 Å². The Morgan fingerprint density at radius 1 is 0.840 bits per heavy atom. The lowest BCUT2D eigenvalue weighted by molar-refractivity contribution is -0.380. The van der Waals surface area contributed by atoms with Crippen molar-refractivity contribution in [1.82, 2.24) is 0 Å². The summed E-state index contributed by atoms with van der Waals surface area (Å²) in [7, 11) is 4.87. The Morgan fingerprint density at radius 2 is 1.40 bits per heavy atom. The lowest BCUT2D eigenvalue weighted by Crippen LogP contribution is -2.44. The third-order valence-corrected chi connectivity index (χ3v) is 4.95. The third-order valence-electron chi connectivity index (χ3n) is 4.95. The topological polar surface area (TPSA) is 27.7 Å². The van der Waals surface area contributed by atoms with Crippen LogP contribution in [0.25, 0.3) is 0 Å². The first kappa shape index (κ1) is 22.1. The molecule has 144 valence electrons. The van der Waals surface area contributed by atoms with Gasteiger partial charge in [-0.2, -0.15) is 0 Å². The highest BCUT2D eigenvalue weighted by molar-refractivity contribution is 5.16. The second-order valence-corrected chi connectivity index (χ2v) is 6.63. The summed E-state index contributed by atoms with van der Waals surface area (Å²) in [6.45, 7) is 2.23. The van der Waals surface area contributed by atoms with Gasteiger partial charge in [-0.3, -0.25) is 0 Å². The Bertz CT molecular complexity index is 435. The molecule has 0 aromatic heterocycles. The van der Waals surface area contributed by atoms with Gasteiger partial charge in [0.05, 0.1) is 0 Å². The van der Waals surface area contributed by atoms with E-state index in [2.05, 4.69) is 6.92 Å². The van der Waals surface area contributed by atoms with Crippen molar-refractivity contribution in [3.8, 4) is 0 Å². The van der Waals surface area contributed by atoms with Crippen LogP contribution in [0.3, 0.4) is 0 Å². The maximum Gasteiger partial charge on any atom is 0.285 e. The van der Waals surface area contributed by atoms with E-state index in [1.807, 2.05) is 12.1 Å². The van der Waals surface area contributed by atoms with Gasteiger partial charge in [-0.1, -0.05) is 57.6 Å². The smallest absolute Gasteiger partial charge is 0.285 e. The maximum atomic E-state index is 13.1. The van der Waals surface area contributed by atoms with Gasteiger partial charge in [0.25, 0.3) is 5.97 Å². The first-order chi connectivity index (χ1) is 12.1. The molecule has 0 spiro atoms. The Hall–Kier alpha value is -0.970. The average Bonchev–Trinajstić information content (AvgIpc) is 2.64. The molecule has 0 heterocycles. The van der Waals surface area contributed by atoms with Crippen LogP contribution in [0.4, 0.5) is 4.39 Å². The molecule has 0 amide bonds. The molecule has 1 aromatic rings. The Labute approximate surface area is 152 Å². The lowest BCUT2D eigenvalue weighted by atomic mass is 9.91.